The first-order valence-corrected chi connectivity index (χ1v) is 7.09. The number of hydrogen-bond acceptors (Lipinski definition) is 5. The van der Waals surface area contributed by atoms with E-state index in [1.165, 1.54) is 18.3 Å². The van der Waals surface area contributed by atoms with Crippen LogP contribution in [0.1, 0.15) is 10.4 Å². The van der Waals surface area contributed by atoms with E-state index in [1.807, 2.05) is 0 Å². The van der Waals surface area contributed by atoms with Crippen LogP contribution in [0, 0.1) is 0 Å². The Kier molecular flexibility index (Phi) is 3.86. The van der Waals surface area contributed by atoms with Crippen molar-refractivity contribution in [3.63, 3.8) is 0 Å². The largest absolute Gasteiger partial charge is 0.478 e. The van der Waals surface area contributed by atoms with E-state index < -0.39 is 16.0 Å². The lowest BCUT2D eigenvalue weighted by Gasteiger charge is -2.08. The number of anilines is 1. The summed E-state index contributed by atoms with van der Waals surface area (Å²) in [5.41, 5.74) is 0.00152. The fourth-order valence-corrected chi connectivity index (χ4v) is 2.55. The van der Waals surface area contributed by atoms with E-state index in [1.54, 1.807) is 0 Å². The highest BCUT2D eigenvalue weighted by molar-refractivity contribution is 7.92. The van der Waals surface area contributed by atoms with Crippen LogP contribution in [0.5, 0.6) is 0 Å². The Balaban J connectivity index is 2.31. The molecule has 0 bridgehead atoms. The third-order valence-electron chi connectivity index (χ3n) is 2.26. The molecule has 0 atom stereocenters. The molecule has 2 aromatic heterocycles. The number of rotatable bonds is 4. The summed E-state index contributed by atoms with van der Waals surface area (Å²) in [4.78, 5) is 18.0. The maximum absolute atomic E-state index is 12.0. The lowest BCUT2D eigenvalue weighted by Crippen LogP contribution is -2.15. The zero-order chi connectivity index (χ0) is 14.8. The van der Waals surface area contributed by atoms with Crippen molar-refractivity contribution < 1.29 is 18.3 Å². The van der Waals surface area contributed by atoms with Gasteiger partial charge in [0.1, 0.15) is 0 Å². The van der Waals surface area contributed by atoms with Gasteiger partial charge in [0.15, 0.2) is 10.2 Å². The van der Waals surface area contributed by atoms with E-state index in [-0.39, 0.29) is 21.4 Å². The number of carboxylic acid groups (broad SMARTS) is 1. The molecule has 2 aromatic rings. The van der Waals surface area contributed by atoms with Crippen molar-refractivity contribution >= 4 is 33.3 Å². The Bertz CT molecular complexity index is 747. The van der Waals surface area contributed by atoms with Crippen molar-refractivity contribution in [1.82, 2.24) is 9.97 Å². The normalized spacial score (nSPS) is 11.1. The highest BCUT2D eigenvalue weighted by atomic mass is 35.5. The molecule has 0 saturated carbocycles. The van der Waals surface area contributed by atoms with E-state index >= 15 is 0 Å². The molecule has 0 radical (unpaired) electrons. The molecule has 0 aliphatic heterocycles. The lowest BCUT2D eigenvalue weighted by molar-refractivity contribution is 0.0696. The van der Waals surface area contributed by atoms with E-state index in [0.29, 0.717) is 0 Å². The predicted molar refractivity (Wildman–Crippen MR) is 71.3 cm³/mol. The van der Waals surface area contributed by atoms with E-state index in [4.69, 9.17) is 16.7 Å². The first-order valence-electron chi connectivity index (χ1n) is 5.23. The molecule has 0 spiro atoms. The molecule has 0 aliphatic rings. The molecular formula is C11H8ClN3O4S. The minimum atomic E-state index is -3.96. The number of sulfonamides is 1. The first-order chi connectivity index (χ1) is 9.40. The van der Waals surface area contributed by atoms with Crippen molar-refractivity contribution in [3.05, 3.63) is 47.4 Å². The fourth-order valence-electron chi connectivity index (χ4n) is 1.32. The number of pyridine rings is 2. The molecule has 2 N–H and O–H groups in total. The van der Waals surface area contributed by atoms with Gasteiger partial charge in [0, 0.05) is 12.4 Å². The monoisotopic (exact) mass is 313 g/mol. The number of carboxylic acids is 1. The highest BCUT2D eigenvalue weighted by Gasteiger charge is 2.18. The zero-order valence-electron chi connectivity index (χ0n) is 9.82. The van der Waals surface area contributed by atoms with Gasteiger partial charge >= 0.3 is 5.97 Å². The topological polar surface area (TPSA) is 109 Å². The standard InChI is InChI=1S/C11H8ClN3O4S/c12-10-8(2-1-5-13-10)15-20(18,19)9-4-3-7(6-14-9)11(16)17/h1-6,15H,(H,16,17). The van der Waals surface area contributed by atoms with Gasteiger partial charge in [-0.3, -0.25) is 4.72 Å². The second-order valence-electron chi connectivity index (χ2n) is 3.64. The highest BCUT2D eigenvalue weighted by Crippen LogP contribution is 2.21. The van der Waals surface area contributed by atoms with E-state index in [2.05, 4.69) is 14.7 Å². The number of aromatic nitrogens is 2. The van der Waals surface area contributed by atoms with Gasteiger partial charge in [-0.25, -0.2) is 14.8 Å². The summed E-state index contributed by atoms with van der Waals surface area (Å²) in [5, 5.41) is 8.40. The minimum absolute atomic E-state index is 0.00164. The maximum Gasteiger partial charge on any atom is 0.337 e. The van der Waals surface area contributed by atoms with Crippen molar-refractivity contribution in [2.24, 2.45) is 0 Å². The first kappa shape index (κ1) is 14.2. The quantitative estimate of drug-likeness (QED) is 0.830. The number of aromatic carboxylic acids is 1. The van der Waals surface area contributed by atoms with E-state index in [0.717, 1.165) is 18.3 Å². The maximum atomic E-state index is 12.0. The molecule has 7 nitrogen and oxygen atoms in total. The Morgan fingerprint density at radius 3 is 2.55 bits per heavy atom. The minimum Gasteiger partial charge on any atom is -0.478 e. The molecule has 20 heavy (non-hydrogen) atoms. The molecule has 2 heterocycles. The molecule has 0 unspecified atom stereocenters. The summed E-state index contributed by atoms with van der Waals surface area (Å²) in [6.45, 7) is 0. The summed E-state index contributed by atoms with van der Waals surface area (Å²) in [6.07, 6.45) is 2.38. The number of hydrogen-bond donors (Lipinski definition) is 2. The van der Waals surface area contributed by atoms with Crippen LogP contribution in [0.3, 0.4) is 0 Å². The van der Waals surface area contributed by atoms with Gasteiger partial charge in [0.05, 0.1) is 11.3 Å². The van der Waals surface area contributed by atoms with Gasteiger partial charge in [0.25, 0.3) is 10.0 Å². The molecule has 104 valence electrons. The van der Waals surface area contributed by atoms with Crippen molar-refractivity contribution in [2.75, 3.05) is 4.72 Å². The Morgan fingerprint density at radius 2 is 2.00 bits per heavy atom. The zero-order valence-corrected chi connectivity index (χ0v) is 11.4. The number of carbonyl (C=O) groups is 1. The molecule has 0 amide bonds. The van der Waals surface area contributed by atoms with Gasteiger partial charge in [0.2, 0.25) is 0 Å². The van der Waals surface area contributed by atoms with E-state index in [9.17, 15) is 13.2 Å². The smallest absolute Gasteiger partial charge is 0.337 e. The van der Waals surface area contributed by atoms with Crippen LogP contribution >= 0.6 is 11.6 Å². The van der Waals surface area contributed by atoms with Gasteiger partial charge in [-0.05, 0) is 24.3 Å². The van der Waals surface area contributed by atoms with Gasteiger partial charge in [-0.1, -0.05) is 11.6 Å². The molecule has 0 aromatic carbocycles. The number of nitrogens with zero attached hydrogens (tertiary/aromatic N) is 2. The van der Waals surface area contributed by atoms with Crippen molar-refractivity contribution in [1.29, 1.82) is 0 Å². The van der Waals surface area contributed by atoms with Crippen LogP contribution in [-0.4, -0.2) is 29.5 Å². The summed E-state index contributed by atoms with van der Waals surface area (Å²) in [6, 6.07) is 5.20. The molecule has 2 rings (SSSR count). The Morgan fingerprint density at radius 1 is 1.25 bits per heavy atom. The second kappa shape index (κ2) is 5.43. The predicted octanol–water partition coefficient (Wildman–Crippen LogP) is 1.63. The molecule has 9 heteroatoms. The Hall–Kier alpha value is -2.19. The van der Waals surface area contributed by atoms with Crippen molar-refractivity contribution in [3.8, 4) is 0 Å². The van der Waals surface area contributed by atoms with Crippen molar-refractivity contribution in [2.45, 2.75) is 5.03 Å². The summed E-state index contributed by atoms with van der Waals surface area (Å²) in [5.74, 6) is -1.19. The van der Waals surface area contributed by atoms with Gasteiger partial charge in [-0.15, -0.1) is 0 Å². The van der Waals surface area contributed by atoms with Crippen LogP contribution in [0.2, 0.25) is 5.15 Å². The number of halogens is 1. The summed E-state index contributed by atoms with van der Waals surface area (Å²) >= 11 is 5.75. The van der Waals surface area contributed by atoms with Crippen LogP contribution in [0.4, 0.5) is 5.69 Å². The molecule has 0 fully saturated rings. The SMILES string of the molecule is O=C(O)c1ccc(S(=O)(=O)Nc2cccnc2Cl)nc1. The summed E-state index contributed by atoms with van der Waals surface area (Å²) in [7, 11) is -3.96. The van der Waals surface area contributed by atoms with Crippen LogP contribution in [0.25, 0.3) is 0 Å². The van der Waals surface area contributed by atoms with Crippen LogP contribution < -0.4 is 4.72 Å². The third kappa shape index (κ3) is 3.03. The fraction of sp³-hybridized carbons (Fsp3) is 0. The summed E-state index contributed by atoms with van der Waals surface area (Å²) < 4.78 is 26.3. The third-order valence-corrected chi connectivity index (χ3v) is 3.84. The average molecular weight is 314 g/mol. The van der Waals surface area contributed by atoms with Crippen LogP contribution in [0.15, 0.2) is 41.7 Å². The molecular weight excluding hydrogens is 306 g/mol. The Labute approximate surface area is 119 Å². The second-order valence-corrected chi connectivity index (χ2v) is 5.62. The average Bonchev–Trinajstić information content (AvgIpc) is 2.41. The molecule has 0 aliphatic carbocycles. The lowest BCUT2D eigenvalue weighted by atomic mass is 10.3. The van der Waals surface area contributed by atoms with Gasteiger partial charge in [-0.2, -0.15) is 8.42 Å². The van der Waals surface area contributed by atoms with Crippen LogP contribution in [-0.2, 0) is 10.0 Å². The van der Waals surface area contributed by atoms with Gasteiger partial charge < -0.3 is 5.11 Å². The molecule has 0 saturated heterocycles. The number of nitrogens with one attached hydrogen (secondary N) is 1.